The van der Waals surface area contributed by atoms with Crippen molar-refractivity contribution in [3.63, 3.8) is 0 Å². The predicted molar refractivity (Wildman–Crippen MR) is 161 cm³/mol. The van der Waals surface area contributed by atoms with E-state index in [-0.39, 0.29) is 5.56 Å². The van der Waals surface area contributed by atoms with Gasteiger partial charge < -0.3 is 14.6 Å². The smallest absolute Gasteiger partial charge is 0.253 e. The first-order valence-electron chi connectivity index (χ1n) is 14.1. The summed E-state index contributed by atoms with van der Waals surface area (Å²) in [6.45, 7) is 7.77. The van der Waals surface area contributed by atoms with Crippen molar-refractivity contribution in [2.75, 3.05) is 38.2 Å². The second-order valence-electron chi connectivity index (χ2n) is 10.6. The Morgan fingerprint density at radius 2 is 1.71 bits per heavy atom. The largest absolute Gasteiger partial charge is 0.495 e. The molecule has 1 atom stereocenters. The van der Waals surface area contributed by atoms with Crippen LogP contribution in [-0.4, -0.2) is 63.4 Å². The molecule has 1 aliphatic heterocycles. The molecule has 1 unspecified atom stereocenters. The number of piperazine rings is 1. The number of hydrogen-bond acceptors (Lipinski definition) is 7. The third kappa shape index (κ3) is 5.32. The van der Waals surface area contributed by atoms with Crippen molar-refractivity contribution in [2.45, 2.75) is 32.9 Å². The molecule has 5 aromatic rings. The summed E-state index contributed by atoms with van der Waals surface area (Å²) < 4.78 is 7.48. The molecule has 0 aliphatic carbocycles. The van der Waals surface area contributed by atoms with Crippen LogP contribution in [0.2, 0.25) is 0 Å². The third-order valence-corrected chi connectivity index (χ3v) is 8.24. The Balaban J connectivity index is 1.36. The Bertz CT molecular complexity index is 1700. The van der Waals surface area contributed by atoms with E-state index < -0.39 is 6.04 Å². The van der Waals surface area contributed by atoms with Crippen LogP contribution in [-0.2, 0) is 13.0 Å². The highest BCUT2D eigenvalue weighted by molar-refractivity contribution is 5.83. The van der Waals surface area contributed by atoms with E-state index in [1.165, 1.54) is 5.56 Å². The minimum Gasteiger partial charge on any atom is -0.495 e. The third-order valence-electron chi connectivity index (χ3n) is 8.24. The van der Waals surface area contributed by atoms with Crippen LogP contribution >= 0.6 is 0 Å². The number of para-hydroxylation sites is 2. The Morgan fingerprint density at radius 3 is 2.49 bits per heavy atom. The number of H-pyrrole nitrogens is 1. The first-order valence-corrected chi connectivity index (χ1v) is 14.1. The number of ether oxygens (including phenoxy) is 1. The molecule has 0 bridgehead atoms. The average molecular weight is 550 g/mol. The lowest BCUT2D eigenvalue weighted by Gasteiger charge is -2.40. The molecule has 3 aromatic carbocycles. The maximum atomic E-state index is 13.7. The van der Waals surface area contributed by atoms with Crippen molar-refractivity contribution in [1.82, 2.24) is 30.1 Å². The van der Waals surface area contributed by atoms with Gasteiger partial charge in [-0.1, -0.05) is 54.6 Å². The Kier molecular flexibility index (Phi) is 7.52. The fourth-order valence-electron chi connectivity index (χ4n) is 5.80. The molecule has 9 nitrogen and oxygen atoms in total. The molecule has 1 aliphatic rings. The molecule has 3 heterocycles. The van der Waals surface area contributed by atoms with Gasteiger partial charge in [0.25, 0.3) is 5.56 Å². The van der Waals surface area contributed by atoms with E-state index in [9.17, 15) is 4.79 Å². The van der Waals surface area contributed by atoms with E-state index in [1.807, 2.05) is 54.1 Å². The van der Waals surface area contributed by atoms with Crippen LogP contribution in [0.5, 0.6) is 5.75 Å². The molecule has 1 fully saturated rings. The van der Waals surface area contributed by atoms with E-state index >= 15 is 0 Å². The maximum Gasteiger partial charge on any atom is 0.253 e. The van der Waals surface area contributed by atoms with Gasteiger partial charge in [-0.15, -0.1) is 5.10 Å². The SMILES string of the molecule is COc1ccccc1N1CCN(C(c2cc3ccc(C)c(C)c3[nH]c2=O)c2nnnn2CCc2ccccc2)CC1. The number of fused-ring (bicyclic) bond motifs is 1. The van der Waals surface area contributed by atoms with Crippen molar-refractivity contribution >= 4 is 16.6 Å². The van der Waals surface area contributed by atoms with Gasteiger partial charge in [-0.25, -0.2) is 4.68 Å². The molecule has 0 spiro atoms. The molecular weight excluding hydrogens is 514 g/mol. The number of nitrogens with one attached hydrogen (secondary N) is 1. The molecule has 9 heteroatoms. The second-order valence-corrected chi connectivity index (χ2v) is 10.6. The zero-order valence-corrected chi connectivity index (χ0v) is 23.7. The molecule has 6 rings (SSSR count). The summed E-state index contributed by atoms with van der Waals surface area (Å²) in [5, 5.41) is 14.0. The lowest BCUT2D eigenvalue weighted by molar-refractivity contribution is 0.199. The number of aromatic nitrogens is 5. The number of anilines is 1. The summed E-state index contributed by atoms with van der Waals surface area (Å²) in [6, 6.07) is 24.2. The number of hydrogen-bond donors (Lipinski definition) is 1. The van der Waals surface area contributed by atoms with Crippen molar-refractivity contribution in [2.24, 2.45) is 0 Å². The van der Waals surface area contributed by atoms with Gasteiger partial charge in [0.15, 0.2) is 5.82 Å². The first-order chi connectivity index (χ1) is 20.0. The van der Waals surface area contributed by atoms with Gasteiger partial charge in [-0.3, -0.25) is 9.69 Å². The topological polar surface area (TPSA) is 92.2 Å². The summed E-state index contributed by atoms with van der Waals surface area (Å²) in [5.41, 5.74) is 5.94. The predicted octanol–water partition coefficient (Wildman–Crippen LogP) is 4.29. The second kappa shape index (κ2) is 11.5. The number of methoxy groups -OCH3 is 1. The number of nitrogens with zero attached hydrogens (tertiary/aromatic N) is 6. The van der Waals surface area contributed by atoms with Crippen LogP contribution in [0.4, 0.5) is 5.69 Å². The summed E-state index contributed by atoms with van der Waals surface area (Å²) in [4.78, 5) is 21.6. The van der Waals surface area contributed by atoms with E-state index in [4.69, 9.17) is 4.74 Å². The standard InChI is InChI=1S/C32H35N7O2/c1-22-13-14-25-21-26(32(40)33-29(25)23(22)2)30(31-34-35-36-39(31)16-15-24-9-5-4-6-10-24)38-19-17-37(18-20-38)27-11-7-8-12-28(27)41-3/h4-14,21,30H,15-20H2,1-3H3,(H,33,40). The van der Waals surface area contributed by atoms with Crippen LogP contribution in [0.3, 0.4) is 0 Å². The normalized spacial score (nSPS) is 14.9. The van der Waals surface area contributed by atoms with Gasteiger partial charge in [0.05, 0.1) is 18.3 Å². The molecule has 41 heavy (non-hydrogen) atoms. The minimum absolute atomic E-state index is 0.110. The molecular formula is C32H35N7O2. The highest BCUT2D eigenvalue weighted by Crippen LogP contribution is 2.32. The van der Waals surface area contributed by atoms with Gasteiger partial charge in [-0.2, -0.15) is 0 Å². The molecule has 0 saturated carbocycles. The molecule has 2 aromatic heterocycles. The summed E-state index contributed by atoms with van der Waals surface area (Å²) >= 11 is 0. The van der Waals surface area contributed by atoms with Gasteiger partial charge in [-0.05, 0) is 71.0 Å². The zero-order chi connectivity index (χ0) is 28.3. The lowest BCUT2D eigenvalue weighted by Crippen LogP contribution is -2.49. The van der Waals surface area contributed by atoms with Crippen molar-refractivity contribution in [3.8, 4) is 5.75 Å². The molecule has 210 valence electrons. The number of tetrazole rings is 1. The first kappa shape index (κ1) is 26.7. The van der Waals surface area contributed by atoms with Crippen molar-refractivity contribution in [3.05, 3.63) is 111 Å². The number of aryl methyl sites for hydroxylation is 4. The van der Waals surface area contributed by atoms with E-state index in [0.717, 1.165) is 66.1 Å². The van der Waals surface area contributed by atoms with Crippen molar-refractivity contribution in [1.29, 1.82) is 0 Å². The monoisotopic (exact) mass is 549 g/mol. The lowest BCUT2D eigenvalue weighted by atomic mass is 9.99. The summed E-state index contributed by atoms with van der Waals surface area (Å²) in [5.74, 6) is 1.54. The van der Waals surface area contributed by atoms with Crippen LogP contribution in [0.15, 0.2) is 77.6 Å². The summed E-state index contributed by atoms with van der Waals surface area (Å²) in [7, 11) is 1.70. The van der Waals surface area contributed by atoms with E-state index in [0.29, 0.717) is 17.9 Å². The highest BCUT2D eigenvalue weighted by Gasteiger charge is 2.33. The van der Waals surface area contributed by atoms with E-state index in [2.05, 4.69) is 67.6 Å². The number of rotatable bonds is 8. The van der Waals surface area contributed by atoms with Gasteiger partial charge >= 0.3 is 0 Å². The Labute approximate surface area is 239 Å². The number of benzene rings is 3. The van der Waals surface area contributed by atoms with Crippen LogP contribution < -0.4 is 15.2 Å². The highest BCUT2D eigenvalue weighted by atomic mass is 16.5. The fourth-order valence-corrected chi connectivity index (χ4v) is 5.80. The fraction of sp³-hybridized carbons (Fsp3) is 0.312. The van der Waals surface area contributed by atoms with Crippen molar-refractivity contribution < 1.29 is 4.74 Å². The maximum absolute atomic E-state index is 13.7. The zero-order valence-electron chi connectivity index (χ0n) is 23.7. The number of pyridine rings is 1. The van der Waals surface area contributed by atoms with Crippen LogP contribution in [0.25, 0.3) is 10.9 Å². The number of aromatic amines is 1. The van der Waals surface area contributed by atoms with Gasteiger partial charge in [0.1, 0.15) is 11.8 Å². The van der Waals surface area contributed by atoms with Crippen LogP contribution in [0, 0.1) is 13.8 Å². The molecule has 1 N–H and O–H groups in total. The summed E-state index contributed by atoms with van der Waals surface area (Å²) in [6.07, 6.45) is 0.791. The Morgan fingerprint density at radius 1 is 0.951 bits per heavy atom. The molecule has 1 saturated heterocycles. The van der Waals surface area contributed by atoms with E-state index in [1.54, 1.807) is 7.11 Å². The Hall–Kier alpha value is -4.50. The quantitative estimate of drug-likeness (QED) is 0.309. The van der Waals surface area contributed by atoms with Gasteiger partial charge in [0.2, 0.25) is 0 Å². The molecule has 0 amide bonds. The average Bonchev–Trinajstić information content (AvgIpc) is 3.48. The van der Waals surface area contributed by atoms with Crippen LogP contribution in [0.1, 0.15) is 34.1 Å². The van der Waals surface area contributed by atoms with Gasteiger partial charge in [0, 0.05) is 38.3 Å². The molecule has 0 radical (unpaired) electrons. The minimum atomic E-state index is -0.393.